The van der Waals surface area contributed by atoms with Gasteiger partial charge in [0.1, 0.15) is 11.8 Å². The van der Waals surface area contributed by atoms with Crippen LogP contribution < -0.4 is 0 Å². The average Bonchev–Trinajstić information content (AvgIpc) is 3.11. The van der Waals surface area contributed by atoms with Crippen LogP contribution in [0.2, 0.25) is 0 Å². The molecule has 0 spiro atoms. The predicted octanol–water partition coefficient (Wildman–Crippen LogP) is 0.720. The van der Waals surface area contributed by atoms with E-state index in [1.54, 1.807) is 6.07 Å². The van der Waals surface area contributed by atoms with E-state index in [4.69, 9.17) is 5.26 Å². The van der Waals surface area contributed by atoms with Crippen molar-refractivity contribution in [2.45, 2.75) is 37.8 Å². The Hall–Kier alpha value is -2.33. The van der Waals surface area contributed by atoms with E-state index in [0.29, 0.717) is 30.8 Å². The molecule has 25 heavy (non-hydrogen) atoms. The zero-order valence-corrected chi connectivity index (χ0v) is 14.0. The normalized spacial score (nSPS) is 31.4. The first-order valence-corrected chi connectivity index (χ1v) is 8.92. The van der Waals surface area contributed by atoms with Crippen molar-refractivity contribution < 1.29 is 14.7 Å². The molecule has 1 aromatic heterocycles. The number of aromatic nitrogens is 1. The summed E-state index contributed by atoms with van der Waals surface area (Å²) >= 11 is 0. The number of aliphatic hydroxyl groups excluding tert-OH is 1. The molecule has 4 rings (SSSR count). The van der Waals surface area contributed by atoms with Gasteiger partial charge in [-0.1, -0.05) is 0 Å². The number of hydrogen-bond acceptors (Lipinski definition) is 4. The number of rotatable bonds is 2. The van der Waals surface area contributed by atoms with Crippen molar-refractivity contribution in [2.75, 3.05) is 19.7 Å². The van der Waals surface area contributed by atoms with Crippen molar-refractivity contribution in [2.24, 2.45) is 11.8 Å². The molecule has 3 saturated heterocycles. The van der Waals surface area contributed by atoms with Crippen LogP contribution >= 0.6 is 0 Å². The topological polar surface area (TPSA) is 100 Å². The molecule has 4 atom stereocenters. The van der Waals surface area contributed by atoms with Gasteiger partial charge in [0.15, 0.2) is 0 Å². The monoisotopic (exact) mass is 342 g/mol. The summed E-state index contributed by atoms with van der Waals surface area (Å²) in [7, 11) is 0. The molecule has 7 heteroatoms. The Morgan fingerprint density at radius 1 is 1.40 bits per heavy atom. The first kappa shape index (κ1) is 16.2. The Kier molecular flexibility index (Phi) is 4.00. The maximum absolute atomic E-state index is 12.8. The highest BCUT2D eigenvalue weighted by atomic mass is 16.3. The van der Waals surface area contributed by atoms with Gasteiger partial charge in [-0.15, -0.1) is 0 Å². The summed E-state index contributed by atoms with van der Waals surface area (Å²) in [6.07, 6.45) is 4.89. The van der Waals surface area contributed by atoms with Gasteiger partial charge in [-0.25, -0.2) is 0 Å². The second-order valence-corrected chi connectivity index (χ2v) is 7.39. The molecular formula is C18H22N4O3. The lowest BCUT2D eigenvalue weighted by atomic mass is 9.72. The van der Waals surface area contributed by atoms with Gasteiger partial charge in [0.25, 0.3) is 5.91 Å². The van der Waals surface area contributed by atoms with Crippen molar-refractivity contribution in [1.82, 2.24) is 14.8 Å². The van der Waals surface area contributed by atoms with Gasteiger partial charge >= 0.3 is 0 Å². The second-order valence-electron chi connectivity index (χ2n) is 7.39. The molecular weight excluding hydrogens is 320 g/mol. The first-order chi connectivity index (χ1) is 12.1. The fraction of sp³-hybridized carbons (Fsp3) is 0.611. The van der Waals surface area contributed by atoms with Crippen LogP contribution in [0.4, 0.5) is 0 Å². The van der Waals surface area contributed by atoms with E-state index in [0.717, 1.165) is 19.3 Å². The van der Waals surface area contributed by atoms with Crippen LogP contribution in [-0.4, -0.2) is 63.5 Å². The molecule has 0 aromatic carbocycles. The van der Waals surface area contributed by atoms with Crippen molar-refractivity contribution >= 4 is 11.8 Å². The molecule has 4 heterocycles. The SMILES string of the molecule is N#Cc1c[nH]c(C(=O)N2C[C@H]3C[C@@H](C2)[C@H](CO)N2C(=O)CCC[C@@H]32)c1. The van der Waals surface area contributed by atoms with Crippen LogP contribution in [0.15, 0.2) is 12.3 Å². The first-order valence-electron chi connectivity index (χ1n) is 8.92. The summed E-state index contributed by atoms with van der Waals surface area (Å²) in [6.45, 7) is 1.11. The largest absolute Gasteiger partial charge is 0.394 e. The van der Waals surface area contributed by atoms with Gasteiger partial charge in [-0.3, -0.25) is 9.59 Å². The van der Waals surface area contributed by atoms with E-state index in [1.165, 1.54) is 6.20 Å². The summed E-state index contributed by atoms with van der Waals surface area (Å²) in [5.74, 6) is 0.410. The van der Waals surface area contributed by atoms with Crippen LogP contribution in [0.25, 0.3) is 0 Å². The summed E-state index contributed by atoms with van der Waals surface area (Å²) in [5.41, 5.74) is 0.867. The van der Waals surface area contributed by atoms with E-state index < -0.39 is 0 Å². The summed E-state index contributed by atoms with van der Waals surface area (Å²) in [6, 6.07) is 3.54. The lowest BCUT2D eigenvalue weighted by Crippen LogP contribution is -2.66. The molecule has 0 radical (unpaired) electrons. The number of likely N-dealkylation sites (tertiary alicyclic amines) is 1. The van der Waals surface area contributed by atoms with Gasteiger partial charge in [0.2, 0.25) is 5.91 Å². The Morgan fingerprint density at radius 2 is 2.20 bits per heavy atom. The Bertz CT molecular complexity index is 723. The number of aliphatic hydroxyl groups is 1. The Labute approximate surface area is 146 Å². The molecule has 0 unspecified atom stereocenters. The molecule has 2 N–H and O–H groups in total. The maximum Gasteiger partial charge on any atom is 0.270 e. The highest BCUT2D eigenvalue weighted by molar-refractivity contribution is 5.93. The lowest BCUT2D eigenvalue weighted by Gasteiger charge is -2.56. The van der Waals surface area contributed by atoms with Gasteiger partial charge < -0.3 is 19.9 Å². The van der Waals surface area contributed by atoms with E-state index in [-0.39, 0.29) is 42.3 Å². The van der Waals surface area contributed by atoms with E-state index in [1.807, 2.05) is 15.9 Å². The molecule has 0 aliphatic carbocycles. The number of H-pyrrole nitrogens is 1. The number of nitrogens with zero attached hydrogens (tertiary/aromatic N) is 3. The molecule has 2 bridgehead atoms. The zero-order valence-electron chi connectivity index (χ0n) is 14.0. The molecule has 3 aliphatic heterocycles. The van der Waals surface area contributed by atoms with Crippen LogP contribution in [-0.2, 0) is 4.79 Å². The van der Waals surface area contributed by atoms with Gasteiger partial charge in [0.05, 0.1) is 18.2 Å². The van der Waals surface area contributed by atoms with Gasteiger partial charge in [0, 0.05) is 31.7 Å². The van der Waals surface area contributed by atoms with Crippen LogP contribution in [0.1, 0.15) is 41.7 Å². The van der Waals surface area contributed by atoms with Crippen LogP contribution in [0, 0.1) is 23.2 Å². The highest BCUT2D eigenvalue weighted by Gasteiger charge is 2.49. The van der Waals surface area contributed by atoms with Crippen molar-refractivity contribution in [3.05, 3.63) is 23.5 Å². The Balaban J connectivity index is 1.58. The second kappa shape index (κ2) is 6.19. The number of piperidine rings is 3. The number of carbonyl (C=O) groups is 2. The number of aromatic amines is 1. The third-order valence-corrected chi connectivity index (χ3v) is 6.01. The molecule has 2 amide bonds. The van der Waals surface area contributed by atoms with E-state index in [2.05, 4.69) is 4.98 Å². The van der Waals surface area contributed by atoms with E-state index >= 15 is 0 Å². The standard InChI is InChI=1S/C18H22N4O3/c19-6-11-4-14(20-7-11)18(25)21-8-12-5-13(9-21)16(10-23)22-15(12)2-1-3-17(22)24/h4,7,12-13,15-16,20,23H,1-3,5,8-10H2/t12-,13+,15+,16+/m1/s1. The quantitative estimate of drug-likeness (QED) is 0.827. The Morgan fingerprint density at radius 3 is 2.92 bits per heavy atom. The fourth-order valence-electron chi connectivity index (χ4n) is 4.93. The summed E-state index contributed by atoms with van der Waals surface area (Å²) in [4.78, 5) is 31.8. The molecule has 0 saturated carbocycles. The predicted molar refractivity (Wildman–Crippen MR) is 88.4 cm³/mol. The smallest absolute Gasteiger partial charge is 0.270 e. The minimum atomic E-state index is -0.192. The fourth-order valence-corrected chi connectivity index (χ4v) is 4.93. The zero-order chi connectivity index (χ0) is 17.6. The van der Waals surface area contributed by atoms with Crippen LogP contribution in [0.3, 0.4) is 0 Å². The highest BCUT2D eigenvalue weighted by Crippen LogP contribution is 2.41. The van der Waals surface area contributed by atoms with Crippen LogP contribution in [0.5, 0.6) is 0 Å². The minimum Gasteiger partial charge on any atom is -0.394 e. The number of fused-ring (bicyclic) bond motifs is 4. The van der Waals surface area contributed by atoms with Crippen molar-refractivity contribution in [3.63, 3.8) is 0 Å². The number of nitrogens with one attached hydrogen (secondary N) is 1. The van der Waals surface area contributed by atoms with Crippen molar-refractivity contribution in [3.8, 4) is 6.07 Å². The van der Waals surface area contributed by atoms with E-state index in [9.17, 15) is 14.7 Å². The molecule has 7 nitrogen and oxygen atoms in total. The third kappa shape index (κ3) is 2.61. The maximum atomic E-state index is 12.8. The molecule has 1 aromatic rings. The summed E-state index contributed by atoms with van der Waals surface area (Å²) < 4.78 is 0. The van der Waals surface area contributed by atoms with Gasteiger partial charge in [-0.2, -0.15) is 5.26 Å². The average molecular weight is 342 g/mol. The van der Waals surface area contributed by atoms with Crippen molar-refractivity contribution in [1.29, 1.82) is 5.26 Å². The number of hydrogen-bond donors (Lipinski definition) is 2. The summed E-state index contributed by atoms with van der Waals surface area (Å²) in [5, 5.41) is 18.8. The van der Waals surface area contributed by atoms with Gasteiger partial charge in [-0.05, 0) is 37.2 Å². The minimum absolute atomic E-state index is 0.0528. The molecule has 3 aliphatic rings. The lowest BCUT2D eigenvalue weighted by molar-refractivity contribution is -0.154. The third-order valence-electron chi connectivity index (χ3n) is 6.01. The number of nitriles is 1. The molecule has 132 valence electrons. The number of amides is 2. The molecule has 3 fully saturated rings. The number of carbonyl (C=O) groups excluding carboxylic acids is 2.